The van der Waals surface area contributed by atoms with Crippen molar-refractivity contribution < 1.29 is 23.1 Å². The van der Waals surface area contributed by atoms with Gasteiger partial charge in [0, 0.05) is 0 Å². The van der Waals surface area contributed by atoms with Crippen molar-refractivity contribution in [1.82, 2.24) is 0 Å². The van der Waals surface area contributed by atoms with Crippen molar-refractivity contribution in [2.24, 2.45) is 35.5 Å². The maximum atomic E-state index is 15.2. The Kier molecular flexibility index (Phi) is 16.2. The standard InChI is InChI=1S/C69H99O5PS/c1-41(2)64(14,15)50-32-48-34-57(66(18,19)43(5)6)55(39-53(48)58(36-50)67(20,21)44(7)8)56-38-52(76(73,74)63-29-27-26-28-47(63)13)30-31-61(56)75(70,71,72)62-40-54-49(35-60(62)69(24,25)46(11)12)33-51(65(16,17)42(3)4)37-59(54)68(22,23)45(9)10/h26-46,70-72H,1-25H3. The molecule has 416 valence electrons. The SMILES string of the molecule is Cc1ccccc1S(=O)(=O)c1ccc(P(O)(O)(O)c2cc3c(C(C)(C)C(C)C)cc(C(C)(C)C(C)C)cc3cc2C(C)(C)C(C)C)c(-c2cc3c(C(C)(C)C(C)C)cc(C(C)(C)C(C)C)cc3cc2C(C)(C)C(C)C)c1. The second kappa shape index (κ2) is 20.0. The molecule has 0 atom stereocenters. The van der Waals surface area contributed by atoms with Gasteiger partial charge < -0.3 is 0 Å². The molecule has 0 saturated carbocycles. The van der Waals surface area contributed by atoms with Crippen LogP contribution in [-0.4, -0.2) is 23.1 Å². The molecule has 0 saturated heterocycles. The van der Waals surface area contributed by atoms with Crippen molar-refractivity contribution in [2.75, 3.05) is 0 Å². The zero-order valence-corrected chi connectivity index (χ0v) is 53.3. The van der Waals surface area contributed by atoms with Gasteiger partial charge in [0.1, 0.15) is 0 Å². The first-order valence-electron chi connectivity index (χ1n) is 28.4. The van der Waals surface area contributed by atoms with E-state index in [0.717, 1.165) is 38.2 Å². The number of benzene rings is 6. The van der Waals surface area contributed by atoms with Crippen molar-refractivity contribution in [1.29, 1.82) is 0 Å². The average Bonchev–Trinajstić information content (AvgIpc) is 3.31. The van der Waals surface area contributed by atoms with Gasteiger partial charge in [-0.25, -0.2) is 0 Å². The molecule has 0 bridgehead atoms. The van der Waals surface area contributed by atoms with Gasteiger partial charge in [0.25, 0.3) is 0 Å². The zero-order chi connectivity index (χ0) is 57.8. The quantitative estimate of drug-likeness (QED) is 0.0791. The number of hydrogen-bond acceptors (Lipinski definition) is 5. The van der Waals surface area contributed by atoms with Gasteiger partial charge in [-0.05, 0) is 0 Å². The number of aryl methyl sites for hydroxylation is 1. The van der Waals surface area contributed by atoms with E-state index in [1.165, 1.54) is 23.3 Å². The van der Waals surface area contributed by atoms with E-state index < -0.39 is 28.0 Å². The van der Waals surface area contributed by atoms with Crippen LogP contribution in [-0.2, 0) is 42.3 Å². The molecule has 0 unspecified atom stereocenters. The molecule has 0 heterocycles. The summed E-state index contributed by atoms with van der Waals surface area (Å²) in [6, 6.07) is 29.3. The van der Waals surface area contributed by atoms with Gasteiger partial charge in [-0.15, -0.1) is 0 Å². The number of rotatable bonds is 17. The van der Waals surface area contributed by atoms with E-state index in [2.05, 4.69) is 209 Å². The number of fused-ring (bicyclic) bond motifs is 2. The van der Waals surface area contributed by atoms with Crippen molar-refractivity contribution >= 4 is 49.3 Å². The van der Waals surface area contributed by atoms with Crippen LogP contribution >= 0.6 is 7.28 Å². The predicted molar refractivity (Wildman–Crippen MR) is 330 cm³/mol. The van der Waals surface area contributed by atoms with Gasteiger partial charge in [-0.3, -0.25) is 0 Å². The molecule has 0 aliphatic rings. The third-order valence-electron chi connectivity index (χ3n) is 20.9. The second-order valence-electron chi connectivity index (χ2n) is 28.4. The van der Waals surface area contributed by atoms with Crippen LogP contribution in [0.2, 0.25) is 0 Å². The molecule has 6 rings (SSSR count). The van der Waals surface area contributed by atoms with Crippen molar-refractivity contribution in [3.8, 4) is 11.1 Å². The molecule has 0 aliphatic heterocycles. The van der Waals surface area contributed by atoms with Crippen LogP contribution in [0.3, 0.4) is 0 Å². The summed E-state index contributed by atoms with van der Waals surface area (Å²) in [6.07, 6.45) is 0. The molecule has 6 aromatic carbocycles. The van der Waals surface area contributed by atoms with Crippen molar-refractivity contribution in [3.63, 3.8) is 0 Å². The van der Waals surface area contributed by atoms with Crippen LogP contribution in [0.15, 0.2) is 101 Å². The van der Waals surface area contributed by atoms with E-state index in [9.17, 15) is 14.7 Å². The summed E-state index contributed by atoms with van der Waals surface area (Å²) in [5, 5.41) is 3.86. The Balaban J connectivity index is 1.94. The second-order valence-corrected chi connectivity index (χ2v) is 33.3. The fraction of sp³-hybridized carbons (Fsp3) is 0.536. The fourth-order valence-electron chi connectivity index (χ4n) is 10.5. The van der Waals surface area contributed by atoms with Crippen LogP contribution in [0.1, 0.15) is 205 Å². The minimum atomic E-state index is -6.38. The molecule has 6 aromatic rings. The van der Waals surface area contributed by atoms with Gasteiger partial charge in [0.15, 0.2) is 0 Å². The monoisotopic (exact) mass is 1070 g/mol. The molecule has 0 aromatic heterocycles. The van der Waals surface area contributed by atoms with E-state index in [4.69, 9.17) is 0 Å². The number of hydrogen-bond donors (Lipinski definition) is 3. The Labute approximate surface area is 461 Å². The van der Waals surface area contributed by atoms with Crippen LogP contribution < -0.4 is 10.6 Å². The van der Waals surface area contributed by atoms with Crippen molar-refractivity contribution in [3.05, 3.63) is 130 Å². The summed E-state index contributed by atoms with van der Waals surface area (Å²) in [5.41, 5.74) is 5.53. The first-order valence-corrected chi connectivity index (χ1v) is 32.0. The summed E-state index contributed by atoms with van der Waals surface area (Å²) in [6.45, 7) is 55.5. The molecule has 7 heteroatoms. The Bertz CT molecular complexity index is 3290. The molecule has 0 amide bonds. The normalized spacial score (nSPS) is 14.6. The van der Waals surface area contributed by atoms with E-state index in [-0.39, 0.29) is 71.3 Å². The van der Waals surface area contributed by atoms with Crippen LogP contribution in [0.4, 0.5) is 0 Å². The Morgan fingerprint density at radius 3 is 1.20 bits per heavy atom. The summed E-state index contributed by atoms with van der Waals surface area (Å²) >= 11 is 0. The molecule has 5 nitrogen and oxygen atoms in total. The van der Waals surface area contributed by atoms with Gasteiger partial charge in [-0.1, -0.05) is 0 Å². The van der Waals surface area contributed by atoms with E-state index in [1.807, 2.05) is 12.1 Å². The van der Waals surface area contributed by atoms with Gasteiger partial charge in [0.2, 0.25) is 0 Å². The van der Waals surface area contributed by atoms with E-state index in [1.54, 1.807) is 31.2 Å². The predicted octanol–water partition coefficient (Wildman–Crippen LogP) is 17.6. The van der Waals surface area contributed by atoms with Gasteiger partial charge in [0.05, 0.1) is 0 Å². The molecule has 0 fully saturated rings. The van der Waals surface area contributed by atoms with E-state index in [0.29, 0.717) is 28.5 Å². The van der Waals surface area contributed by atoms with Crippen LogP contribution in [0, 0.1) is 42.4 Å². The van der Waals surface area contributed by atoms with Gasteiger partial charge in [-0.2, -0.15) is 0 Å². The molecule has 0 spiro atoms. The van der Waals surface area contributed by atoms with Crippen LogP contribution in [0.25, 0.3) is 32.7 Å². The first kappa shape index (κ1) is 61.3. The summed E-state index contributed by atoms with van der Waals surface area (Å²) in [7, 11) is -10.6. The Hall–Kier alpha value is -3.90. The third kappa shape index (κ3) is 10.3. The maximum absolute atomic E-state index is 15.2. The topological polar surface area (TPSA) is 94.8 Å². The summed E-state index contributed by atoms with van der Waals surface area (Å²) < 4.78 is 30.3. The summed E-state index contributed by atoms with van der Waals surface area (Å²) in [4.78, 5) is 42.2. The first-order chi connectivity index (χ1) is 34.4. The van der Waals surface area contributed by atoms with Crippen molar-refractivity contribution in [2.45, 2.75) is 215 Å². The fourth-order valence-corrected chi connectivity index (χ4v) is 14.4. The Morgan fingerprint density at radius 2 is 0.776 bits per heavy atom. The molecule has 76 heavy (non-hydrogen) atoms. The Morgan fingerprint density at radius 1 is 0.395 bits per heavy atom. The van der Waals surface area contributed by atoms with E-state index >= 15 is 8.42 Å². The minimum absolute atomic E-state index is 0.000172. The molecule has 3 N–H and O–H groups in total. The molecule has 0 radical (unpaired) electrons. The average molecular weight is 1070 g/mol. The van der Waals surface area contributed by atoms with Gasteiger partial charge >= 0.3 is 464 Å². The number of sulfone groups is 1. The molecule has 0 aliphatic carbocycles. The summed E-state index contributed by atoms with van der Waals surface area (Å²) in [5.74, 6) is 1.23. The third-order valence-corrected chi connectivity index (χ3v) is 25.4. The zero-order valence-electron chi connectivity index (χ0n) is 51.6. The molecular weight excluding hydrogens is 972 g/mol. The van der Waals surface area contributed by atoms with Crippen LogP contribution in [0.5, 0.6) is 0 Å². The molecular formula is C69H99O5PS.